The SMILES string of the molecule is COc1ccc(C(=O)N(Cc2ccccc2)C[C@@H](O)COc2ccc3oc4ccccc4c3c2)cc1. The van der Waals surface area contributed by atoms with Crippen LogP contribution in [0.25, 0.3) is 21.9 Å². The van der Waals surface area contributed by atoms with Crippen LogP contribution in [-0.2, 0) is 6.54 Å². The van der Waals surface area contributed by atoms with Crippen molar-refractivity contribution in [2.75, 3.05) is 20.3 Å². The van der Waals surface area contributed by atoms with Gasteiger partial charge >= 0.3 is 0 Å². The van der Waals surface area contributed by atoms with Gasteiger partial charge in [0.15, 0.2) is 0 Å². The number of hydrogen-bond acceptors (Lipinski definition) is 5. The average Bonchev–Trinajstić information content (AvgIpc) is 3.30. The minimum atomic E-state index is -0.882. The molecule has 0 aliphatic carbocycles. The molecule has 0 radical (unpaired) electrons. The van der Waals surface area contributed by atoms with Crippen LogP contribution in [0.2, 0.25) is 0 Å². The van der Waals surface area contributed by atoms with Crippen molar-refractivity contribution >= 4 is 27.8 Å². The molecule has 5 aromatic rings. The summed E-state index contributed by atoms with van der Waals surface area (Å²) in [4.78, 5) is 15.0. The number of para-hydroxylation sites is 1. The van der Waals surface area contributed by atoms with Crippen LogP contribution in [0.1, 0.15) is 15.9 Å². The zero-order valence-electron chi connectivity index (χ0n) is 20.0. The highest BCUT2D eigenvalue weighted by atomic mass is 16.5. The van der Waals surface area contributed by atoms with E-state index in [1.807, 2.05) is 72.8 Å². The van der Waals surface area contributed by atoms with Crippen LogP contribution in [0.15, 0.2) is 101 Å². The van der Waals surface area contributed by atoms with Crippen LogP contribution in [-0.4, -0.2) is 42.3 Å². The second-order valence-electron chi connectivity index (χ2n) is 8.62. The standard InChI is InChI=1S/C30H27NO5/c1-34-24-13-11-22(12-14-24)30(33)31(18-21-7-3-2-4-8-21)19-23(32)20-35-25-15-16-29-27(17-25)26-9-5-6-10-28(26)36-29/h2-17,23,32H,18-20H2,1H3/t23-/m1/s1. The zero-order chi connectivity index (χ0) is 24.9. The molecule has 0 unspecified atom stereocenters. The first-order chi connectivity index (χ1) is 17.6. The minimum Gasteiger partial charge on any atom is -0.497 e. The van der Waals surface area contributed by atoms with Crippen LogP contribution < -0.4 is 9.47 Å². The maximum absolute atomic E-state index is 13.3. The third kappa shape index (κ3) is 5.19. The second kappa shape index (κ2) is 10.5. The molecule has 0 aliphatic rings. The average molecular weight is 482 g/mol. The molecule has 4 aromatic carbocycles. The first kappa shape index (κ1) is 23.5. The summed E-state index contributed by atoms with van der Waals surface area (Å²) in [5.41, 5.74) is 3.10. The number of nitrogens with zero attached hydrogens (tertiary/aromatic N) is 1. The first-order valence-corrected chi connectivity index (χ1v) is 11.8. The molecule has 1 amide bonds. The normalized spacial score (nSPS) is 11.9. The Hall–Kier alpha value is -4.29. The molecule has 0 aliphatic heterocycles. The summed E-state index contributed by atoms with van der Waals surface area (Å²) in [6.07, 6.45) is -0.882. The molecular weight excluding hydrogens is 454 g/mol. The largest absolute Gasteiger partial charge is 0.497 e. The van der Waals surface area contributed by atoms with Crippen LogP contribution in [0.3, 0.4) is 0 Å². The summed E-state index contributed by atoms with van der Waals surface area (Å²) in [7, 11) is 1.58. The lowest BCUT2D eigenvalue weighted by molar-refractivity contribution is 0.0482. The Morgan fingerprint density at radius 3 is 2.33 bits per heavy atom. The van der Waals surface area contributed by atoms with Crippen molar-refractivity contribution < 1.29 is 23.8 Å². The van der Waals surface area contributed by atoms with Crippen LogP contribution >= 0.6 is 0 Å². The third-order valence-corrected chi connectivity index (χ3v) is 6.06. The van der Waals surface area contributed by atoms with Crippen molar-refractivity contribution in [3.8, 4) is 11.5 Å². The Bertz CT molecular complexity index is 1460. The van der Waals surface area contributed by atoms with Gasteiger partial charge < -0.3 is 23.9 Å². The molecule has 1 N–H and O–H groups in total. The minimum absolute atomic E-state index is 0.0441. The van der Waals surface area contributed by atoms with Crippen molar-refractivity contribution in [1.29, 1.82) is 0 Å². The predicted octanol–water partition coefficient (Wildman–Crippen LogP) is 5.68. The Kier molecular flexibility index (Phi) is 6.87. The highest BCUT2D eigenvalue weighted by Crippen LogP contribution is 2.31. The summed E-state index contributed by atoms with van der Waals surface area (Å²) in [6, 6.07) is 30.1. The molecule has 6 nitrogen and oxygen atoms in total. The van der Waals surface area contributed by atoms with Crippen LogP contribution in [0, 0.1) is 0 Å². The highest BCUT2D eigenvalue weighted by molar-refractivity contribution is 6.05. The van der Waals surface area contributed by atoms with Gasteiger partial charge in [-0.3, -0.25) is 4.79 Å². The molecular formula is C30H27NO5. The van der Waals surface area contributed by atoms with Gasteiger partial charge in [-0.25, -0.2) is 0 Å². The van der Waals surface area contributed by atoms with E-state index in [2.05, 4.69) is 0 Å². The molecule has 1 heterocycles. The third-order valence-electron chi connectivity index (χ3n) is 6.06. The lowest BCUT2D eigenvalue weighted by Gasteiger charge is -2.26. The summed E-state index contributed by atoms with van der Waals surface area (Å²) < 4.78 is 17.0. The molecule has 5 rings (SSSR count). The lowest BCUT2D eigenvalue weighted by atomic mass is 10.1. The zero-order valence-corrected chi connectivity index (χ0v) is 20.0. The van der Waals surface area contributed by atoms with Gasteiger partial charge in [-0.2, -0.15) is 0 Å². The number of hydrogen-bond donors (Lipinski definition) is 1. The van der Waals surface area contributed by atoms with E-state index in [0.29, 0.717) is 23.6 Å². The fraction of sp³-hybridized carbons (Fsp3) is 0.167. The van der Waals surface area contributed by atoms with Crippen molar-refractivity contribution in [2.24, 2.45) is 0 Å². The van der Waals surface area contributed by atoms with E-state index in [-0.39, 0.29) is 19.1 Å². The number of ether oxygens (including phenoxy) is 2. The van der Waals surface area contributed by atoms with E-state index >= 15 is 0 Å². The molecule has 0 saturated heterocycles. The number of methoxy groups -OCH3 is 1. The Morgan fingerprint density at radius 1 is 0.861 bits per heavy atom. The van der Waals surface area contributed by atoms with Crippen molar-refractivity contribution in [1.82, 2.24) is 4.90 Å². The molecule has 182 valence electrons. The van der Waals surface area contributed by atoms with Gasteiger partial charge in [0.05, 0.1) is 13.7 Å². The van der Waals surface area contributed by atoms with Gasteiger partial charge in [-0.15, -0.1) is 0 Å². The Balaban J connectivity index is 1.29. The maximum Gasteiger partial charge on any atom is 0.254 e. The maximum atomic E-state index is 13.3. The number of amides is 1. The summed E-state index contributed by atoms with van der Waals surface area (Å²) in [5.74, 6) is 1.13. The van der Waals surface area contributed by atoms with Crippen LogP contribution in [0.4, 0.5) is 0 Å². The smallest absolute Gasteiger partial charge is 0.254 e. The highest BCUT2D eigenvalue weighted by Gasteiger charge is 2.20. The predicted molar refractivity (Wildman–Crippen MR) is 139 cm³/mol. The summed E-state index contributed by atoms with van der Waals surface area (Å²) >= 11 is 0. The van der Waals surface area contributed by atoms with Gasteiger partial charge in [-0.05, 0) is 54.1 Å². The van der Waals surface area contributed by atoms with Crippen molar-refractivity contribution in [2.45, 2.75) is 12.6 Å². The van der Waals surface area contributed by atoms with E-state index in [1.165, 1.54) is 0 Å². The Morgan fingerprint density at radius 2 is 1.56 bits per heavy atom. The van der Waals surface area contributed by atoms with Crippen LogP contribution in [0.5, 0.6) is 11.5 Å². The number of aliphatic hydroxyl groups is 1. The van der Waals surface area contributed by atoms with E-state index in [0.717, 1.165) is 27.5 Å². The lowest BCUT2D eigenvalue weighted by Crippen LogP contribution is -2.39. The van der Waals surface area contributed by atoms with E-state index in [4.69, 9.17) is 13.9 Å². The van der Waals surface area contributed by atoms with Gasteiger partial charge in [0.2, 0.25) is 0 Å². The number of carbonyl (C=O) groups excluding carboxylic acids is 1. The van der Waals surface area contributed by atoms with Gasteiger partial charge in [0.25, 0.3) is 5.91 Å². The summed E-state index contributed by atoms with van der Waals surface area (Å²) in [6.45, 7) is 0.537. The molecule has 1 atom stereocenters. The molecule has 1 aromatic heterocycles. The first-order valence-electron chi connectivity index (χ1n) is 11.8. The fourth-order valence-electron chi connectivity index (χ4n) is 4.23. The molecule has 36 heavy (non-hydrogen) atoms. The topological polar surface area (TPSA) is 72.1 Å². The number of rotatable bonds is 9. The molecule has 0 spiro atoms. The number of fused-ring (bicyclic) bond motifs is 3. The van der Waals surface area contributed by atoms with Crippen molar-refractivity contribution in [3.05, 3.63) is 108 Å². The van der Waals surface area contributed by atoms with Gasteiger partial charge in [-0.1, -0.05) is 48.5 Å². The molecule has 6 heteroatoms. The van der Waals surface area contributed by atoms with Gasteiger partial charge in [0.1, 0.15) is 35.4 Å². The van der Waals surface area contributed by atoms with E-state index < -0.39 is 6.10 Å². The molecule has 0 saturated carbocycles. The quantitative estimate of drug-likeness (QED) is 0.293. The summed E-state index contributed by atoms with van der Waals surface area (Å²) in [5, 5.41) is 12.8. The van der Waals surface area contributed by atoms with Crippen molar-refractivity contribution in [3.63, 3.8) is 0 Å². The number of aliphatic hydroxyl groups excluding tert-OH is 1. The molecule has 0 bridgehead atoms. The number of furan rings is 1. The molecule has 0 fully saturated rings. The number of carbonyl (C=O) groups is 1. The monoisotopic (exact) mass is 481 g/mol. The fourth-order valence-corrected chi connectivity index (χ4v) is 4.23. The van der Waals surface area contributed by atoms with Gasteiger partial charge in [0, 0.05) is 22.9 Å². The van der Waals surface area contributed by atoms with E-state index in [1.54, 1.807) is 36.3 Å². The second-order valence-corrected chi connectivity index (χ2v) is 8.62. The number of benzene rings is 4. The Labute approximate surface area is 209 Å². The van der Waals surface area contributed by atoms with E-state index in [9.17, 15) is 9.90 Å².